The Morgan fingerprint density at radius 2 is 2.05 bits per heavy atom. The molecular weight excluding hydrogens is 530 g/mol. The highest BCUT2D eigenvalue weighted by Crippen LogP contribution is 2.41. The fraction of sp³-hybridized carbons (Fsp3) is 0.345. The van der Waals surface area contributed by atoms with Crippen LogP contribution < -0.4 is 25.3 Å². The minimum Gasteiger partial charge on any atom is -0.494 e. The molecule has 5 rings (SSSR count). The van der Waals surface area contributed by atoms with Crippen molar-refractivity contribution in [3.05, 3.63) is 72.0 Å². The summed E-state index contributed by atoms with van der Waals surface area (Å²) in [6.07, 6.45) is 4.58. The van der Waals surface area contributed by atoms with Crippen molar-refractivity contribution in [2.75, 3.05) is 61.5 Å². The monoisotopic (exact) mass is 563 g/mol. The van der Waals surface area contributed by atoms with Gasteiger partial charge in [-0.05, 0) is 50.4 Å². The third-order valence-corrected chi connectivity index (χ3v) is 7.51. The molecule has 0 unspecified atom stereocenters. The Kier molecular flexibility index (Phi) is 8.39. The van der Waals surface area contributed by atoms with Crippen molar-refractivity contribution in [1.82, 2.24) is 14.9 Å². The quantitative estimate of drug-likeness (QED) is 0.347. The number of benzene rings is 2. The van der Waals surface area contributed by atoms with E-state index in [0.717, 1.165) is 37.2 Å². The van der Waals surface area contributed by atoms with Gasteiger partial charge < -0.3 is 25.2 Å². The first-order valence-corrected chi connectivity index (χ1v) is 13.6. The van der Waals surface area contributed by atoms with E-state index in [1.807, 2.05) is 42.5 Å². The number of aromatic nitrogens is 2. The zero-order chi connectivity index (χ0) is 28.2. The number of amides is 1. The van der Waals surface area contributed by atoms with Crippen LogP contribution in [-0.2, 0) is 9.63 Å². The first-order valence-electron chi connectivity index (χ1n) is 13.2. The van der Waals surface area contributed by atoms with Gasteiger partial charge in [0.05, 0.1) is 36.8 Å². The lowest BCUT2D eigenvalue weighted by molar-refractivity contribution is -0.111. The minimum atomic E-state index is -0.289. The van der Waals surface area contributed by atoms with Crippen molar-refractivity contribution in [3.8, 4) is 5.75 Å². The predicted octanol–water partition coefficient (Wildman–Crippen LogP) is 5.03. The highest BCUT2D eigenvalue weighted by atomic mass is 35.5. The highest BCUT2D eigenvalue weighted by Gasteiger charge is 2.30. The Balaban J connectivity index is 1.44. The number of hydroxylamine groups is 1. The molecule has 3 heterocycles. The van der Waals surface area contributed by atoms with E-state index >= 15 is 0 Å². The number of likely N-dealkylation sites (N-methyl/N-ethyl adjacent to an activating group) is 1. The van der Waals surface area contributed by atoms with E-state index in [0.29, 0.717) is 46.4 Å². The molecule has 2 fully saturated rings. The molecule has 2 saturated heterocycles. The summed E-state index contributed by atoms with van der Waals surface area (Å²) in [6, 6.07) is 13.8. The molecule has 2 aromatic carbocycles. The van der Waals surface area contributed by atoms with E-state index in [2.05, 4.69) is 51.1 Å². The molecule has 2 N–H and O–H groups in total. The molecule has 2 aliphatic heterocycles. The van der Waals surface area contributed by atoms with Crippen LogP contribution in [-0.4, -0.2) is 67.7 Å². The number of methoxy groups -OCH3 is 1. The number of ether oxygens (including phenoxy) is 1. The molecule has 40 heavy (non-hydrogen) atoms. The van der Waals surface area contributed by atoms with E-state index < -0.39 is 0 Å². The van der Waals surface area contributed by atoms with Gasteiger partial charge in [0, 0.05) is 42.7 Å². The Hall–Kier alpha value is -3.86. The molecule has 2 atom stereocenters. The van der Waals surface area contributed by atoms with E-state index in [9.17, 15) is 4.79 Å². The van der Waals surface area contributed by atoms with Crippen molar-refractivity contribution < 1.29 is 14.4 Å². The van der Waals surface area contributed by atoms with Crippen LogP contribution in [0.15, 0.2) is 61.4 Å². The van der Waals surface area contributed by atoms with Gasteiger partial charge >= 0.3 is 0 Å². The average molecular weight is 564 g/mol. The Morgan fingerprint density at radius 3 is 2.77 bits per heavy atom. The summed E-state index contributed by atoms with van der Waals surface area (Å²) in [5.41, 5.74) is 3.25. The molecule has 0 bridgehead atoms. The van der Waals surface area contributed by atoms with E-state index in [1.165, 1.54) is 12.4 Å². The van der Waals surface area contributed by atoms with Crippen molar-refractivity contribution >= 4 is 46.2 Å². The van der Waals surface area contributed by atoms with Crippen LogP contribution in [0.5, 0.6) is 5.75 Å². The summed E-state index contributed by atoms with van der Waals surface area (Å²) >= 11 is 6.24. The number of hydrogen-bond acceptors (Lipinski definition) is 9. The van der Waals surface area contributed by atoms with Gasteiger partial charge in [-0.15, -0.1) is 0 Å². The SMILES string of the molecule is C=CC(=O)Nc1cc(Nc2cc(N3OCC[C@@H]3c3cccc(Cl)c3)ncn2)c(OC)cc1N1CC[C@@H](N(C)C)C1. The van der Waals surface area contributed by atoms with Crippen LogP contribution in [0.4, 0.5) is 28.7 Å². The fourth-order valence-electron chi connectivity index (χ4n) is 5.15. The zero-order valence-corrected chi connectivity index (χ0v) is 23.7. The van der Waals surface area contributed by atoms with Crippen LogP contribution in [0.3, 0.4) is 0 Å². The number of nitrogens with zero attached hydrogens (tertiary/aromatic N) is 5. The highest BCUT2D eigenvalue weighted by molar-refractivity contribution is 6.30. The summed E-state index contributed by atoms with van der Waals surface area (Å²) in [5.74, 6) is 1.49. The first-order chi connectivity index (χ1) is 19.4. The molecule has 2 aliphatic rings. The van der Waals surface area contributed by atoms with Gasteiger partial charge in [0.25, 0.3) is 0 Å². The first kappa shape index (κ1) is 27.7. The standard InChI is InChI=1S/C29H34ClN7O3/c1-5-29(38)34-22-14-23(26(39-4)15-25(22)36-11-9-21(17-36)35(2)3)33-27-16-28(32-18-31-27)37-24(10-12-40-37)19-7-6-8-20(30)13-19/h5-8,13-16,18,21,24H,1,9-12,17H2,2-4H3,(H,34,38)(H,31,32,33)/t21-,24-/m1/s1. The van der Waals surface area contributed by atoms with Gasteiger partial charge in [0.15, 0.2) is 5.82 Å². The topological polar surface area (TPSA) is 95.1 Å². The molecule has 0 spiro atoms. The summed E-state index contributed by atoms with van der Waals surface area (Å²) in [7, 11) is 5.79. The van der Waals surface area contributed by atoms with Gasteiger partial charge in [-0.1, -0.05) is 30.3 Å². The van der Waals surface area contributed by atoms with Gasteiger partial charge in [0.1, 0.15) is 17.9 Å². The summed E-state index contributed by atoms with van der Waals surface area (Å²) in [6.45, 7) is 5.89. The van der Waals surface area contributed by atoms with E-state index in [1.54, 1.807) is 12.2 Å². The maximum Gasteiger partial charge on any atom is 0.247 e. The molecule has 0 radical (unpaired) electrons. The lowest BCUT2D eigenvalue weighted by Gasteiger charge is -2.26. The summed E-state index contributed by atoms with van der Waals surface area (Å²) in [4.78, 5) is 31.7. The average Bonchev–Trinajstić information content (AvgIpc) is 3.64. The summed E-state index contributed by atoms with van der Waals surface area (Å²) < 4.78 is 5.77. The minimum absolute atomic E-state index is 0.0255. The van der Waals surface area contributed by atoms with Crippen LogP contribution in [0.1, 0.15) is 24.4 Å². The molecular formula is C29H34ClN7O3. The fourth-order valence-corrected chi connectivity index (χ4v) is 5.35. The number of halogens is 1. The second-order valence-electron chi connectivity index (χ2n) is 10.0. The lowest BCUT2D eigenvalue weighted by Crippen LogP contribution is -2.31. The number of rotatable bonds is 9. The van der Waals surface area contributed by atoms with Gasteiger partial charge in [-0.3, -0.25) is 9.63 Å². The second-order valence-corrected chi connectivity index (χ2v) is 10.5. The predicted molar refractivity (Wildman–Crippen MR) is 159 cm³/mol. The zero-order valence-electron chi connectivity index (χ0n) is 22.9. The largest absolute Gasteiger partial charge is 0.494 e. The smallest absolute Gasteiger partial charge is 0.247 e. The Labute approximate surface area is 239 Å². The molecule has 11 heteroatoms. The Morgan fingerprint density at radius 1 is 1.20 bits per heavy atom. The molecule has 3 aromatic rings. The number of nitrogens with one attached hydrogen (secondary N) is 2. The lowest BCUT2D eigenvalue weighted by atomic mass is 10.0. The molecule has 1 aromatic heterocycles. The van der Waals surface area contributed by atoms with Crippen molar-refractivity contribution in [2.45, 2.75) is 24.9 Å². The van der Waals surface area contributed by atoms with Gasteiger partial charge in [0.2, 0.25) is 5.91 Å². The third kappa shape index (κ3) is 5.99. The Bertz CT molecular complexity index is 1390. The second kappa shape index (κ2) is 12.1. The maximum absolute atomic E-state index is 12.3. The van der Waals surface area contributed by atoms with Gasteiger partial charge in [-0.2, -0.15) is 0 Å². The molecule has 1 amide bonds. The number of carbonyl (C=O) groups excluding carboxylic acids is 1. The van der Waals surface area contributed by atoms with Crippen molar-refractivity contribution in [2.24, 2.45) is 0 Å². The van der Waals surface area contributed by atoms with Gasteiger partial charge in [-0.25, -0.2) is 15.0 Å². The van der Waals surface area contributed by atoms with Crippen LogP contribution in [0.25, 0.3) is 0 Å². The molecule has 210 valence electrons. The maximum atomic E-state index is 12.3. The summed E-state index contributed by atoms with van der Waals surface area (Å²) in [5, 5.41) is 8.78. The van der Waals surface area contributed by atoms with Crippen molar-refractivity contribution in [1.29, 1.82) is 0 Å². The number of anilines is 5. The third-order valence-electron chi connectivity index (χ3n) is 7.27. The molecule has 0 saturated carbocycles. The molecule has 0 aliphatic carbocycles. The van der Waals surface area contributed by atoms with E-state index in [4.69, 9.17) is 21.2 Å². The van der Waals surface area contributed by atoms with Crippen LogP contribution >= 0.6 is 11.6 Å². The van der Waals surface area contributed by atoms with Crippen molar-refractivity contribution in [3.63, 3.8) is 0 Å². The van der Waals surface area contributed by atoms with Crippen LogP contribution in [0, 0.1) is 0 Å². The van der Waals surface area contributed by atoms with E-state index in [-0.39, 0.29) is 11.9 Å². The number of carbonyl (C=O) groups is 1. The van der Waals surface area contributed by atoms with Crippen LogP contribution in [0.2, 0.25) is 5.02 Å². The molecule has 10 nitrogen and oxygen atoms in total. The number of hydrogen-bond donors (Lipinski definition) is 2. The normalized spacial score (nSPS) is 18.7.